The molecule has 0 atom stereocenters. The number of ether oxygens (including phenoxy) is 3. The van der Waals surface area contributed by atoms with Gasteiger partial charge in [0.2, 0.25) is 12.5 Å². The van der Waals surface area contributed by atoms with Crippen LogP contribution in [0.15, 0.2) is 0 Å². The summed E-state index contributed by atoms with van der Waals surface area (Å²) >= 11 is 0. The molecule has 1 aliphatic heterocycles. The van der Waals surface area contributed by atoms with Crippen molar-refractivity contribution in [3.8, 4) is 0 Å². The maximum absolute atomic E-state index is 11.4. The van der Waals surface area contributed by atoms with E-state index in [1.807, 2.05) is 0 Å². The average molecular weight is 263 g/mol. The monoisotopic (exact) mass is 263 g/mol. The van der Waals surface area contributed by atoms with E-state index in [0.717, 1.165) is 24.7 Å². The number of carbonyl (C=O) groups excluding carboxylic acids is 2. The molecule has 0 aromatic heterocycles. The Morgan fingerprint density at radius 3 is 2.47 bits per heavy atom. The van der Waals surface area contributed by atoms with Crippen LogP contribution in [0.25, 0.3) is 0 Å². The zero-order valence-corrected chi connectivity index (χ0v) is 11.1. The first-order chi connectivity index (χ1) is 8.09. The van der Waals surface area contributed by atoms with Gasteiger partial charge in [-0.15, -0.1) is 0 Å². The molecule has 1 fully saturated rings. The van der Waals surface area contributed by atoms with Gasteiger partial charge in [0.05, 0.1) is 19.1 Å². The summed E-state index contributed by atoms with van der Waals surface area (Å²) < 4.78 is 14.8. The molecule has 0 radical (unpaired) electrons. The minimum Gasteiger partial charge on any atom is -0.428 e. The van der Waals surface area contributed by atoms with Gasteiger partial charge < -0.3 is 14.2 Å². The maximum atomic E-state index is 11.4. The van der Waals surface area contributed by atoms with Crippen molar-refractivity contribution in [2.75, 3.05) is 37.3 Å². The van der Waals surface area contributed by atoms with Crippen LogP contribution >= 0.6 is 0 Å². The number of hydrogen-bond donors (Lipinski definition) is 0. The van der Waals surface area contributed by atoms with Gasteiger partial charge >= 0.3 is 11.9 Å². The second-order valence-corrected chi connectivity index (χ2v) is 6.36. The van der Waals surface area contributed by atoms with Crippen LogP contribution < -0.4 is 0 Å². The van der Waals surface area contributed by atoms with E-state index in [9.17, 15) is 9.59 Å². The highest BCUT2D eigenvalue weighted by Crippen LogP contribution is 2.04. The lowest BCUT2D eigenvalue weighted by Gasteiger charge is -2.14. The molecule has 1 heterocycles. The Labute approximate surface area is 104 Å². The number of rotatable bonds is 5. The minimum absolute atomic E-state index is 0.0623. The number of hydrogen-bond acceptors (Lipinski definition) is 5. The van der Waals surface area contributed by atoms with Crippen molar-refractivity contribution >= 4 is 22.8 Å². The molecular formula is C11H19O5S+. The first-order valence-electron chi connectivity index (χ1n) is 5.63. The third-order valence-corrected chi connectivity index (χ3v) is 4.38. The molecule has 0 unspecified atom stereocenters. The van der Waals surface area contributed by atoms with Gasteiger partial charge in [0.25, 0.3) is 0 Å². The van der Waals surface area contributed by atoms with Crippen molar-refractivity contribution in [3.05, 3.63) is 0 Å². The lowest BCUT2D eigenvalue weighted by atomic mass is 10.2. The molecule has 98 valence electrons. The standard InChI is InChI=1S/C11H19O5S/c1-9(2)11(13)16-8-15-10(12)7-17-5-3-14-4-6-17/h9H,3-8H2,1-2H3/q+1. The first-order valence-corrected chi connectivity index (χ1v) is 7.37. The third kappa shape index (κ3) is 5.93. The minimum atomic E-state index is -0.355. The summed E-state index contributed by atoms with van der Waals surface area (Å²) in [5.74, 6) is 1.38. The Balaban J connectivity index is 2.10. The van der Waals surface area contributed by atoms with Gasteiger partial charge in [0, 0.05) is 10.9 Å². The number of carbonyl (C=O) groups is 2. The fourth-order valence-corrected chi connectivity index (χ4v) is 2.85. The molecule has 6 heteroatoms. The van der Waals surface area contributed by atoms with Crippen molar-refractivity contribution in [2.24, 2.45) is 5.92 Å². The zero-order valence-electron chi connectivity index (χ0n) is 10.3. The second kappa shape index (κ2) is 7.55. The van der Waals surface area contributed by atoms with Crippen molar-refractivity contribution in [3.63, 3.8) is 0 Å². The van der Waals surface area contributed by atoms with Crippen molar-refractivity contribution in [2.45, 2.75) is 13.8 Å². The molecule has 1 aliphatic rings. The fourth-order valence-electron chi connectivity index (χ4n) is 1.23. The Kier molecular flexibility index (Phi) is 6.36. The van der Waals surface area contributed by atoms with Crippen LogP contribution in [0.2, 0.25) is 0 Å². The van der Waals surface area contributed by atoms with Gasteiger partial charge in [-0.1, -0.05) is 13.8 Å². The Bertz CT molecular complexity index is 261. The molecule has 0 spiro atoms. The molecule has 0 aromatic rings. The van der Waals surface area contributed by atoms with E-state index in [1.165, 1.54) is 0 Å². The van der Waals surface area contributed by atoms with E-state index in [-0.39, 0.29) is 35.5 Å². The summed E-state index contributed by atoms with van der Waals surface area (Å²) in [5.41, 5.74) is 0. The summed E-state index contributed by atoms with van der Waals surface area (Å²) in [6.07, 6.45) is 0. The molecule has 0 aromatic carbocycles. The summed E-state index contributed by atoms with van der Waals surface area (Å²) in [7, 11) is 0.0623. The van der Waals surface area contributed by atoms with Crippen LogP contribution in [-0.4, -0.2) is 49.2 Å². The van der Waals surface area contributed by atoms with Gasteiger partial charge in [-0.3, -0.25) is 4.79 Å². The van der Waals surface area contributed by atoms with E-state index in [0.29, 0.717) is 5.75 Å². The molecule has 1 saturated heterocycles. The molecular weight excluding hydrogens is 244 g/mol. The number of esters is 2. The Morgan fingerprint density at radius 1 is 1.24 bits per heavy atom. The third-order valence-electron chi connectivity index (χ3n) is 2.25. The van der Waals surface area contributed by atoms with Gasteiger partial charge in [0.1, 0.15) is 11.5 Å². The summed E-state index contributed by atoms with van der Waals surface area (Å²) in [6, 6.07) is 0. The molecule has 0 amide bonds. The van der Waals surface area contributed by atoms with E-state index in [2.05, 4.69) is 0 Å². The van der Waals surface area contributed by atoms with Crippen molar-refractivity contribution in [1.29, 1.82) is 0 Å². The van der Waals surface area contributed by atoms with Crippen LogP contribution in [0.5, 0.6) is 0 Å². The molecule has 0 N–H and O–H groups in total. The van der Waals surface area contributed by atoms with E-state index in [1.54, 1.807) is 13.8 Å². The van der Waals surface area contributed by atoms with E-state index < -0.39 is 0 Å². The van der Waals surface area contributed by atoms with Crippen molar-refractivity contribution in [1.82, 2.24) is 0 Å². The average Bonchev–Trinajstić information content (AvgIpc) is 2.30. The molecule has 0 bridgehead atoms. The molecule has 0 aliphatic carbocycles. The molecule has 17 heavy (non-hydrogen) atoms. The quantitative estimate of drug-likeness (QED) is 0.406. The van der Waals surface area contributed by atoms with Crippen LogP contribution in [0.4, 0.5) is 0 Å². The zero-order chi connectivity index (χ0) is 12.7. The highest BCUT2D eigenvalue weighted by Gasteiger charge is 2.26. The maximum Gasteiger partial charge on any atom is 0.359 e. The summed E-state index contributed by atoms with van der Waals surface area (Å²) in [6.45, 7) is 4.63. The lowest BCUT2D eigenvalue weighted by Crippen LogP contribution is -2.32. The Hall–Kier alpha value is -0.750. The first kappa shape index (κ1) is 14.3. The topological polar surface area (TPSA) is 61.8 Å². The predicted molar refractivity (Wildman–Crippen MR) is 64.7 cm³/mol. The van der Waals surface area contributed by atoms with Gasteiger partial charge in [-0.25, -0.2) is 4.79 Å². The predicted octanol–water partition coefficient (Wildman–Crippen LogP) is 0.335. The Morgan fingerprint density at radius 2 is 1.88 bits per heavy atom. The van der Waals surface area contributed by atoms with Gasteiger partial charge in [-0.05, 0) is 0 Å². The van der Waals surface area contributed by atoms with Crippen LogP contribution in [0, 0.1) is 5.92 Å². The summed E-state index contributed by atoms with van der Waals surface area (Å²) in [4.78, 5) is 22.5. The SMILES string of the molecule is CC(C)C(=O)OCOC(=O)C[S+]1CCOCC1. The lowest BCUT2D eigenvalue weighted by molar-refractivity contribution is -0.167. The van der Waals surface area contributed by atoms with Gasteiger partial charge in [0.15, 0.2) is 0 Å². The van der Waals surface area contributed by atoms with Crippen molar-refractivity contribution < 1.29 is 23.8 Å². The van der Waals surface area contributed by atoms with Crippen LogP contribution in [0.3, 0.4) is 0 Å². The highest BCUT2D eigenvalue weighted by atomic mass is 32.2. The highest BCUT2D eigenvalue weighted by molar-refractivity contribution is 7.97. The molecule has 1 rings (SSSR count). The largest absolute Gasteiger partial charge is 0.428 e. The molecule has 5 nitrogen and oxygen atoms in total. The van der Waals surface area contributed by atoms with E-state index >= 15 is 0 Å². The smallest absolute Gasteiger partial charge is 0.359 e. The molecule has 0 saturated carbocycles. The van der Waals surface area contributed by atoms with E-state index in [4.69, 9.17) is 14.2 Å². The van der Waals surface area contributed by atoms with Crippen LogP contribution in [-0.2, 0) is 34.7 Å². The second-order valence-electron chi connectivity index (χ2n) is 4.03. The normalized spacial score (nSPS) is 16.9. The van der Waals surface area contributed by atoms with Crippen LogP contribution in [0.1, 0.15) is 13.8 Å². The summed E-state index contributed by atoms with van der Waals surface area (Å²) in [5, 5.41) is 0. The van der Waals surface area contributed by atoms with Gasteiger partial charge in [-0.2, -0.15) is 0 Å². The fraction of sp³-hybridized carbons (Fsp3) is 0.818.